The van der Waals surface area contributed by atoms with Crippen LogP contribution in [-0.2, 0) is 0 Å². The number of benzene rings is 2. The predicted octanol–water partition coefficient (Wildman–Crippen LogP) is 8.03. The van der Waals surface area contributed by atoms with Crippen molar-refractivity contribution in [1.29, 1.82) is 0 Å². The van der Waals surface area contributed by atoms with Gasteiger partial charge in [-0.05, 0) is 74.6 Å². The zero-order valence-corrected chi connectivity index (χ0v) is 25.1. The van der Waals surface area contributed by atoms with E-state index in [1.165, 1.54) is 12.1 Å². The van der Waals surface area contributed by atoms with E-state index in [-0.39, 0.29) is 11.5 Å². The number of aryl methyl sites for hydroxylation is 2. The Morgan fingerprint density at radius 3 is 2.56 bits per heavy atom. The van der Waals surface area contributed by atoms with E-state index in [9.17, 15) is 4.39 Å². The molecular weight excluding hydrogens is 562 g/mol. The third-order valence-corrected chi connectivity index (χ3v) is 8.40. The van der Waals surface area contributed by atoms with Crippen molar-refractivity contribution < 1.29 is 13.5 Å². The molecule has 4 nitrogen and oxygen atoms in total. The van der Waals surface area contributed by atoms with E-state index in [1.54, 1.807) is 7.11 Å². The number of pyridine rings is 2. The zero-order chi connectivity index (χ0) is 29.4. The molecule has 0 saturated heterocycles. The van der Waals surface area contributed by atoms with Crippen LogP contribution in [0.5, 0.6) is 5.75 Å². The summed E-state index contributed by atoms with van der Waals surface area (Å²) in [6.07, 6.45) is 2.92. The van der Waals surface area contributed by atoms with Crippen LogP contribution in [0.2, 0.25) is 16.5 Å². The van der Waals surface area contributed by atoms with Gasteiger partial charge in [0.15, 0.2) is 13.1 Å². The van der Waals surface area contributed by atoms with Gasteiger partial charge in [0.25, 0.3) is 0 Å². The highest BCUT2D eigenvalue weighted by atomic mass is 35.5. The molecule has 1 saturated carbocycles. The molecular formula is C32H31BCl2F2N3O. The molecule has 1 atom stereocenters. The maximum atomic E-state index is 15.2. The number of hydrogen-bond donors (Lipinski definition) is 1. The number of halogens is 4. The van der Waals surface area contributed by atoms with Crippen LogP contribution in [0.1, 0.15) is 48.1 Å². The molecule has 2 heterocycles. The summed E-state index contributed by atoms with van der Waals surface area (Å²) in [5, 5.41) is 4.35. The first-order valence-electron chi connectivity index (χ1n) is 13.7. The third kappa shape index (κ3) is 5.93. The molecule has 0 aliphatic heterocycles. The Labute approximate surface area is 250 Å². The van der Waals surface area contributed by atoms with Crippen molar-refractivity contribution in [3.05, 3.63) is 87.2 Å². The van der Waals surface area contributed by atoms with Gasteiger partial charge >= 0.3 is 0 Å². The van der Waals surface area contributed by atoms with Gasteiger partial charge in [0.05, 0.1) is 12.8 Å². The topological polar surface area (TPSA) is 47.0 Å². The second-order valence-corrected chi connectivity index (χ2v) is 11.3. The maximum Gasteiger partial charge on any atom is 0.154 e. The van der Waals surface area contributed by atoms with Crippen LogP contribution < -0.4 is 15.5 Å². The smallest absolute Gasteiger partial charge is 0.154 e. The Morgan fingerprint density at radius 1 is 1.12 bits per heavy atom. The highest BCUT2D eigenvalue weighted by Gasteiger charge is 2.34. The fourth-order valence-corrected chi connectivity index (χ4v) is 5.59. The Hall–Kier alpha value is -3.16. The average Bonchev–Trinajstić information content (AvgIpc) is 3.79. The molecule has 9 heteroatoms. The molecule has 1 aliphatic carbocycles. The number of methoxy groups -OCH3 is 1. The van der Waals surface area contributed by atoms with E-state index in [0.717, 1.165) is 58.1 Å². The molecule has 41 heavy (non-hydrogen) atoms. The number of nitrogens with one attached hydrogen (secondary N) is 1. The lowest BCUT2D eigenvalue weighted by Gasteiger charge is -2.22. The summed E-state index contributed by atoms with van der Waals surface area (Å²) in [4.78, 5) is 9.48. The van der Waals surface area contributed by atoms with Gasteiger partial charge in [-0.2, -0.15) is 0 Å². The molecule has 1 fully saturated rings. The van der Waals surface area contributed by atoms with Crippen molar-refractivity contribution in [1.82, 2.24) is 15.3 Å². The summed E-state index contributed by atoms with van der Waals surface area (Å²) < 4.78 is 34.8. The van der Waals surface area contributed by atoms with Crippen LogP contribution in [0.4, 0.5) is 8.78 Å². The van der Waals surface area contributed by atoms with E-state index >= 15 is 4.39 Å². The highest BCUT2D eigenvalue weighted by molar-refractivity contribution is 6.55. The van der Waals surface area contributed by atoms with Crippen LogP contribution in [0.15, 0.2) is 43.0 Å². The molecule has 1 radical (unpaired) electrons. The van der Waals surface area contributed by atoms with Gasteiger partial charge in [-0.15, -0.1) is 0 Å². The summed E-state index contributed by atoms with van der Waals surface area (Å²) in [7, 11) is 3.62. The molecule has 1 aliphatic rings. The normalized spacial score (nSPS) is 13.8. The van der Waals surface area contributed by atoms with Gasteiger partial charge in [-0.1, -0.05) is 54.1 Å². The third-order valence-electron chi connectivity index (χ3n) is 7.67. The fourth-order valence-electron chi connectivity index (χ4n) is 5.29. The molecule has 2 aromatic carbocycles. The molecule has 4 aromatic rings. The monoisotopic (exact) mass is 592 g/mol. The average molecular weight is 593 g/mol. The Balaban J connectivity index is 1.48. The second-order valence-electron chi connectivity index (χ2n) is 10.6. The van der Waals surface area contributed by atoms with Gasteiger partial charge in [-0.3, -0.25) is 4.98 Å². The standard InChI is InChI=1S/C32H31BCl2F2N3O/c1-6-33-27-16(2)12-25(39-31(27)22-9-10-24(36)28(34)29(22)37)23(19-7-8-19)15-38-18(4)20-13-21-11-17(3)32(35)40-30(21)26(14-20)41-5/h9-14,19,23,38H,4,6-8,15H2,1-3,5H3. The van der Waals surface area contributed by atoms with E-state index in [0.29, 0.717) is 34.6 Å². The molecule has 1 N–H and O–H groups in total. The molecule has 211 valence electrons. The van der Waals surface area contributed by atoms with Gasteiger partial charge < -0.3 is 10.1 Å². The van der Waals surface area contributed by atoms with Crippen LogP contribution in [0.25, 0.3) is 27.9 Å². The predicted molar refractivity (Wildman–Crippen MR) is 166 cm³/mol. The maximum absolute atomic E-state index is 15.2. The minimum atomic E-state index is -0.799. The van der Waals surface area contributed by atoms with Crippen molar-refractivity contribution in [3.63, 3.8) is 0 Å². The summed E-state index contributed by atoms with van der Waals surface area (Å²) >= 11 is 12.2. The van der Waals surface area contributed by atoms with Crippen LogP contribution in [0.3, 0.4) is 0 Å². The first-order valence-corrected chi connectivity index (χ1v) is 14.4. The van der Waals surface area contributed by atoms with Gasteiger partial charge in [0.2, 0.25) is 0 Å². The SMILES string of the molecule is C=C(NCC(c1cc(C)c([B]CC)c(-c2ccc(F)c(Cl)c2F)n1)C1CC1)c1cc(OC)c2nc(Cl)c(C)cc2c1. The Morgan fingerprint density at radius 2 is 1.88 bits per heavy atom. The molecule has 0 amide bonds. The summed E-state index contributed by atoms with van der Waals surface area (Å²) in [6, 6.07) is 10.6. The zero-order valence-electron chi connectivity index (χ0n) is 23.5. The van der Waals surface area contributed by atoms with Crippen LogP contribution in [0, 0.1) is 31.4 Å². The van der Waals surface area contributed by atoms with Gasteiger partial charge in [-0.25, -0.2) is 13.8 Å². The van der Waals surface area contributed by atoms with Gasteiger partial charge in [0.1, 0.15) is 27.3 Å². The summed E-state index contributed by atoms with van der Waals surface area (Å²) in [6.45, 7) is 10.8. The molecule has 0 bridgehead atoms. The number of nitrogens with zero attached hydrogens (tertiary/aromatic N) is 2. The van der Waals surface area contributed by atoms with Crippen molar-refractivity contribution in [2.75, 3.05) is 13.7 Å². The lowest BCUT2D eigenvalue weighted by Crippen LogP contribution is -2.26. The molecule has 0 spiro atoms. The van der Waals surface area contributed by atoms with Crippen LogP contribution in [-0.4, -0.2) is 30.9 Å². The van der Waals surface area contributed by atoms with Crippen molar-refractivity contribution in [2.24, 2.45) is 5.92 Å². The number of aromatic nitrogens is 2. The lowest BCUT2D eigenvalue weighted by atomic mass is 9.64. The molecule has 1 unspecified atom stereocenters. The van der Waals surface area contributed by atoms with Crippen molar-refractivity contribution in [3.8, 4) is 17.0 Å². The Bertz CT molecular complexity index is 1660. The van der Waals surface area contributed by atoms with E-state index in [4.69, 9.17) is 32.9 Å². The largest absolute Gasteiger partial charge is 0.494 e. The highest BCUT2D eigenvalue weighted by Crippen LogP contribution is 2.43. The van der Waals surface area contributed by atoms with Crippen LogP contribution >= 0.6 is 23.2 Å². The fraction of sp³-hybridized carbons (Fsp3) is 0.312. The minimum absolute atomic E-state index is 0.0731. The summed E-state index contributed by atoms with van der Waals surface area (Å²) in [5.41, 5.74) is 6.55. The number of hydrogen-bond acceptors (Lipinski definition) is 4. The molecule has 5 rings (SSSR count). The van der Waals surface area contributed by atoms with Crippen molar-refractivity contribution in [2.45, 2.75) is 45.9 Å². The number of ether oxygens (including phenoxy) is 1. The lowest BCUT2D eigenvalue weighted by molar-refractivity contribution is 0.418. The summed E-state index contributed by atoms with van der Waals surface area (Å²) in [5.74, 6) is -0.459. The first kappa shape index (κ1) is 29.3. The van der Waals surface area contributed by atoms with E-state index in [1.807, 2.05) is 46.2 Å². The van der Waals surface area contributed by atoms with Gasteiger partial charge in [0, 0.05) is 40.4 Å². The minimum Gasteiger partial charge on any atom is -0.494 e. The Kier molecular flexibility index (Phi) is 8.58. The first-order chi connectivity index (χ1) is 19.6. The second kappa shape index (κ2) is 12.0. The molecule has 2 aromatic heterocycles. The quantitative estimate of drug-likeness (QED) is 0.115. The van der Waals surface area contributed by atoms with Crippen molar-refractivity contribution >= 4 is 52.5 Å². The van der Waals surface area contributed by atoms with E-state index < -0.39 is 16.7 Å². The number of rotatable bonds is 10. The number of fused-ring (bicyclic) bond motifs is 1. The van der Waals surface area contributed by atoms with E-state index in [2.05, 4.69) is 22.9 Å².